The van der Waals surface area contributed by atoms with E-state index in [2.05, 4.69) is 22.2 Å². The van der Waals surface area contributed by atoms with Crippen molar-refractivity contribution >= 4 is 17.5 Å². The highest BCUT2D eigenvalue weighted by atomic mass is 19.4. The molecule has 1 aromatic carbocycles. The third-order valence-electron chi connectivity index (χ3n) is 4.39. The highest BCUT2D eigenvalue weighted by molar-refractivity contribution is 5.95. The lowest BCUT2D eigenvalue weighted by Crippen LogP contribution is -2.39. The molecule has 0 atom stereocenters. The zero-order chi connectivity index (χ0) is 18.7. The lowest BCUT2D eigenvalue weighted by atomic mass is 9.98. The van der Waals surface area contributed by atoms with Crippen molar-refractivity contribution in [2.24, 2.45) is 5.92 Å². The number of aromatic nitrogens is 2. The van der Waals surface area contributed by atoms with Crippen LogP contribution in [-0.2, 0) is 6.18 Å². The summed E-state index contributed by atoms with van der Waals surface area (Å²) in [6, 6.07) is 8.63. The van der Waals surface area contributed by atoms with E-state index in [-0.39, 0.29) is 5.95 Å². The van der Waals surface area contributed by atoms with Crippen LogP contribution in [0, 0.1) is 5.92 Å². The normalized spacial score (nSPS) is 15.8. The van der Waals surface area contributed by atoms with Gasteiger partial charge in [0, 0.05) is 25.0 Å². The van der Waals surface area contributed by atoms with Crippen LogP contribution in [0.1, 0.15) is 35.8 Å². The van der Waals surface area contributed by atoms with Crippen molar-refractivity contribution < 1.29 is 18.0 Å². The van der Waals surface area contributed by atoms with Crippen LogP contribution >= 0.6 is 0 Å². The minimum atomic E-state index is -4.75. The minimum Gasteiger partial charge on any atom is -0.339 e. The molecule has 26 heavy (non-hydrogen) atoms. The summed E-state index contributed by atoms with van der Waals surface area (Å²) in [7, 11) is 0. The zero-order valence-electron chi connectivity index (χ0n) is 14.3. The predicted molar refractivity (Wildman–Crippen MR) is 91.1 cm³/mol. The van der Waals surface area contributed by atoms with E-state index in [0.717, 1.165) is 19.0 Å². The molecule has 1 aliphatic rings. The maximum atomic E-state index is 13.5. The van der Waals surface area contributed by atoms with E-state index in [1.807, 2.05) is 0 Å². The number of nitrogens with zero attached hydrogens (tertiary/aromatic N) is 3. The van der Waals surface area contributed by atoms with E-state index in [9.17, 15) is 18.0 Å². The highest BCUT2D eigenvalue weighted by Gasteiger charge is 2.39. The molecule has 8 heteroatoms. The van der Waals surface area contributed by atoms with Crippen LogP contribution in [0.2, 0.25) is 0 Å². The van der Waals surface area contributed by atoms with E-state index in [4.69, 9.17) is 0 Å². The third-order valence-corrected chi connectivity index (χ3v) is 4.39. The molecule has 0 bridgehead atoms. The highest BCUT2D eigenvalue weighted by Crippen LogP contribution is 2.32. The van der Waals surface area contributed by atoms with Gasteiger partial charge in [0.25, 0.3) is 5.91 Å². The first-order chi connectivity index (χ1) is 12.3. The average molecular weight is 364 g/mol. The van der Waals surface area contributed by atoms with Crippen molar-refractivity contribution in [2.75, 3.05) is 18.4 Å². The number of para-hydroxylation sites is 1. The van der Waals surface area contributed by atoms with Gasteiger partial charge in [0.1, 0.15) is 0 Å². The number of rotatable bonds is 3. The first kappa shape index (κ1) is 18.2. The number of anilines is 2. The lowest BCUT2D eigenvalue weighted by Gasteiger charge is -2.30. The quantitative estimate of drug-likeness (QED) is 0.890. The van der Waals surface area contributed by atoms with Gasteiger partial charge < -0.3 is 10.2 Å². The van der Waals surface area contributed by atoms with Crippen molar-refractivity contribution in [2.45, 2.75) is 25.9 Å². The van der Waals surface area contributed by atoms with Gasteiger partial charge in [0.15, 0.2) is 5.69 Å². The van der Waals surface area contributed by atoms with Crippen LogP contribution < -0.4 is 5.32 Å². The SMILES string of the molecule is CC1CCN(C(=O)c2cnc(Nc3ccccc3)nc2C(F)(F)F)CC1. The Kier molecular flexibility index (Phi) is 5.11. The number of carbonyl (C=O) groups is 1. The summed E-state index contributed by atoms with van der Waals surface area (Å²) in [4.78, 5) is 21.5. The number of benzene rings is 1. The standard InChI is InChI=1S/C18H19F3N4O/c1-12-7-9-25(10-8-12)16(26)14-11-22-17(24-15(14)18(19,20)21)23-13-5-3-2-4-6-13/h2-6,11-12H,7-10H2,1H3,(H,22,23,24). The molecule has 0 radical (unpaired) electrons. The van der Waals surface area contributed by atoms with Crippen molar-refractivity contribution in [3.63, 3.8) is 0 Å². The molecule has 2 aromatic rings. The van der Waals surface area contributed by atoms with Gasteiger partial charge in [0.2, 0.25) is 5.95 Å². The molecular formula is C18H19F3N4O. The summed E-state index contributed by atoms with van der Waals surface area (Å²) in [6.45, 7) is 2.96. The van der Waals surface area contributed by atoms with Gasteiger partial charge >= 0.3 is 6.18 Å². The molecule has 138 valence electrons. The number of hydrogen-bond donors (Lipinski definition) is 1. The number of nitrogens with one attached hydrogen (secondary N) is 1. The van der Waals surface area contributed by atoms with Gasteiger partial charge in [-0.3, -0.25) is 4.79 Å². The Morgan fingerprint density at radius 3 is 2.46 bits per heavy atom. The summed E-state index contributed by atoms with van der Waals surface area (Å²) < 4.78 is 40.4. The Balaban J connectivity index is 1.89. The zero-order valence-corrected chi connectivity index (χ0v) is 14.3. The molecule has 1 aromatic heterocycles. The smallest absolute Gasteiger partial charge is 0.339 e. The summed E-state index contributed by atoms with van der Waals surface area (Å²) in [5, 5.41) is 2.72. The van der Waals surface area contributed by atoms with E-state index in [1.54, 1.807) is 30.3 Å². The molecule has 1 N–H and O–H groups in total. The fourth-order valence-electron chi connectivity index (χ4n) is 2.85. The van der Waals surface area contributed by atoms with Gasteiger partial charge in [0.05, 0.1) is 5.56 Å². The summed E-state index contributed by atoms with van der Waals surface area (Å²) in [5.74, 6) is -0.405. The topological polar surface area (TPSA) is 58.1 Å². The van der Waals surface area contributed by atoms with Crippen LogP contribution in [0.5, 0.6) is 0 Å². The van der Waals surface area contributed by atoms with E-state index in [1.165, 1.54) is 4.90 Å². The largest absolute Gasteiger partial charge is 0.434 e. The molecule has 1 amide bonds. The molecule has 0 saturated carbocycles. The fraction of sp³-hybridized carbons (Fsp3) is 0.389. The molecule has 0 unspecified atom stereocenters. The van der Waals surface area contributed by atoms with Crippen LogP contribution in [0.4, 0.5) is 24.8 Å². The Morgan fingerprint density at radius 2 is 1.85 bits per heavy atom. The Labute approximate surface area is 149 Å². The Bertz CT molecular complexity index is 772. The molecule has 1 aliphatic heterocycles. The molecule has 1 fully saturated rings. The lowest BCUT2D eigenvalue weighted by molar-refractivity contribution is -0.141. The second-order valence-electron chi connectivity index (χ2n) is 6.42. The number of halogens is 3. The van der Waals surface area contributed by atoms with Gasteiger partial charge in [-0.05, 0) is 30.9 Å². The molecular weight excluding hydrogens is 345 g/mol. The van der Waals surface area contributed by atoms with Gasteiger partial charge in [-0.1, -0.05) is 25.1 Å². The van der Waals surface area contributed by atoms with Crippen LogP contribution in [0.25, 0.3) is 0 Å². The molecule has 1 saturated heterocycles. The summed E-state index contributed by atoms with van der Waals surface area (Å²) >= 11 is 0. The van der Waals surface area contributed by atoms with Crippen molar-refractivity contribution in [1.82, 2.24) is 14.9 Å². The van der Waals surface area contributed by atoms with Gasteiger partial charge in [-0.25, -0.2) is 9.97 Å². The molecule has 3 rings (SSSR count). The maximum absolute atomic E-state index is 13.5. The summed E-state index contributed by atoms with van der Waals surface area (Å²) in [6.07, 6.45) is -2.23. The molecule has 5 nitrogen and oxygen atoms in total. The van der Waals surface area contributed by atoms with E-state index >= 15 is 0 Å². The minimum absolute atomic E-state index is 0.202. The summed E-state index contributed by atoms with van der Waals surface area (Å²) in [5.41, 5.74) is -1.16. The second-order valence-corrected chi connectivity index (χ2v) is 6.42. The van der Waals surface area contributed by atoms with Crippen molar-refractivity contribution in [3.8, 4) is 0 Å². The Hall–Kier alpha value is -2.64. The molecule has 0 spiro atoms. The van der Waals surface area contributed by atoms with Crippen LogP contribution in [0.3, 0.4) is 0 Å². The number of carbonyl (C=O) groups excluding carboxylic acids is 1. The molecule has 2 heterocycles. The fourth-order valence-corrected chi connectivity index (χ4v) is 2.85. The van der Waals surface area contributed by atoms with E-state index in [0.29, 0.717) is 24.7 Å². The van der Waals surface area contributed by atoms with E-state index < -0.39 is 23.3 Å². The monoisotopic (exact) mass is 364 g/mol. The number of alkyl halides is 3. The predicted octanol–water partition coefficient (Wildman–Crippen LogP) is 4.11. The number of likely N-dealkylation sites (tertiary alicyclic amines) is 1. The second kappa shape index (κ2) is 7.31. The maximum Gasteiger partial charge on any atom is 0.434 e. The Morgan fingerprint density at radius 1 is 1.19 bits per heavy atom. The van der Waals surface area contributed by atoms with Crippen LogP contribution in [-0.4, -0.2) is 33.9 Å². The van der Waals surface area contributed by atoms with Gasteiger partial charge in [-0.15, -0.1) is 0 Å². The number of piperidine rings is 1. The number of hydrogen-bond acceptors (Lipinski definition) is 4. The number of amides is 1. The van der Waals surface area contributed by atoms with Crippen molar-refractivity contribution in [3.05, 3.63) is 47.8 Å². The first-order valence-electron chi connectivity index (χ1n) is 8.40. The average Bonchev–Trinajstić information content (AvgIpc) is 2.62. The van der Waals surface area contributed by atoms with Gasteiger partial charge in [-0.2, -0.15) is 13.2 Å². The third kappa shape index (κ3) is 4.12. The van der Waals surface area contributed by atoms with Crippen LogP contribution in [0.15, 0.2) is 36.5 Å². The molecule has 0 aliphatic carbocycles. The first-order valence-corrected chi connectivity index (χ1v) is 8.40. The van der Waals surface area contributed by atoms with Crippen molar-refractivity contribution in [1.29, 1.82) is 0 Å².